The molecule has 0 saturated carbocycles. The predicted molar refractivity (Wildman–Crippen MR) is 189 cm³/mol. The van der Waals surface area contributed by atoms with Crippen LogP contribution in [0, 0.1) is 27.7 Å². The summed E-state index contributed by atoms with van der Waals surface area (Å²) in [6.45, 7) is 10.3. The number of aryl methyl sites for hydroxylation is 4. The first-order valence-corrected chi connectivity index (χ1v) is 15.8. The molecule has 0 radical (unpaired) electrons. The molecule has 0 bridgehead atoms. The second-order valence-electron chi connectivity index (χ2n) is 12.5. The minimum absolute atomic E-state index is 0.158. The van der Waals surface area contributed by atoms with E-state index >= 15 is 0 Å². The lowest BCUT2D eigenvalue weighted by molar-refractivity contribution is 0.0988. The van der Waals surface area contributed by atoms with Crippen molar-refractivity contribution in [2.75, 3.05) is 9.80 Å². The molecule has 0 saturated heterocycles. The van der Waals surface area contributed by atoms with E-state index in [4.69, 9.17) is 9.97 Å². The number of rotatable bonds is 3. The van der Waals surface area contributed by atoms with E-state index in [0.717, 1.165) is 66.8 Å². The number of ketones is 2. The molecule has 6 nitrogen and oxygen atoms in total. The fourth-order valence-corrected chi connectivity index (χ4v) is 7.10. The molecule has 6 heteroatoms. The van der Waals surface area contributed by atoms with Gasteiger partial charge in [-0.3, -0.25) is 19.4 Å². The van der Waals surface area contributed by atoms with Crippen LogP contribution in [0.15, 0.2) is 120 Å². The molecule has 2 aliphatic rings. The molecule has 0 N–H and O–H groups in total. The van der Waals surface area contributed by atoms with Crippen LogP contribution in [-0.2, 0) is 0 Å². The van der Waals surface area contributed by atoms with Crippen LogP contribution in [-0.4, -0.2) is 21.5 Å². The molecule has 2 heterocycles. The summed E-state index contributed by atoms with van der Waals surface area (Å²) < 4.78 is 0. The van der Waals surface area contributed by atoms with Crippen LogP contribution < -0.4 is 9.80 Å². The largest absolute Gasteiger partial charge is 0.288 e. The Bertz CT molecular complexity index is 2220. The van der Waals surface area contributed by atoms with Gasteiger partial charge in [0.25, 0.3) is 0 Å². The summed E-state index contributed by atoms with van der Waals surface area (Å²) in [5.74, 6) is 1.64. The Morgan fingerprint density at radius 1 is 0.574 bits per heavy atom. The molecule has 1 aliphatic carbocycles. The zero-order valence-electron chi connectivity index (χ0n) is 26.9. The quantitative estimate of drug-likeness (QED) is 0.146. The van der Waals surface area contributed by atoms with E-state index in [2.05, 4.69) is 73.9 Å². The number of benzene rings is 5. The average Bonchev–Trinajstić information content (AvgIpc) is 3.49. The molecule has 47 heavy (non-hydrogen) atoms. The highest BCUT2D eigenvalue weighted by atomic mass is 16.2. The smallest absolute Gasteiger partial charge is 0.197 e. The van der Waals surface area contributed by atoms with Gasteiger partial charge in [0.2, 0.25) is 0 Å². The monoisotopic (exact) mass is 612 g/mol. The molecule has 0 unspecified atom stereocenters. The number of carbonyl (C=O) groups excluding carboxylic acids is 2. The van der Waals surface area contributed by atoms with Gasteiger partial charge in [0, 0.05) is 11.1 Å². The predicted octanol–water partition coefficient (Wildman–Crippen LogP) is 9.54. The Hall–Kier alpha value is -5.88. The van der Waals surface area contributed by atoms with Crippen molar-refractivity contribution in [1.29, 1.82) is 0 Å². The number of para-hydroxylation sites is 4. The molecule has 0 spiro atoms. The highest BCUT2D eigenvalue weighted by Crippen LogP contribution is 2.52. The van der Waals surface area contributed by atoms with Crippen LogP contribution in [0.25, 0.3) is 21.8 Å². The van der Waals surface area contributed by atoms with E-state index in [1.807, 2.05) is 67.6 Å². The fraction of sp³-hybridized carbons (Fsp3) is 0.122. The van der Waals surface area contributed by atoms with Crippen molar-refractivity contribution in [1.82, 2.24) is 9.97 Å². The van der Waals surface area contributed by atoms with Gasteiger partial charge in [-0.25, -0.2) is 9.97 Å². The van der Waals surface area contributed by atoms with E-state index in [1.165, 1.54) is 0 Å². The Labute approximate surface area is 273 Å². The number of nitrogens with zero attached hydrogens (tertiary/aromatic N) is 4. The van der Waals surface area contributed by atoms with Gasteiger partial charge < -0.3 is 0 Å². The number of fused-ring (bicyclic) bond motifs is 4. The lowest BCUT2D eigenvalue weighted by atomic mass is 10.0. The van der Waals surface area contributed by atoms with Crippen molar-refractivity contribution in [3.8, 4) is 0 Å². The second-order valence-corrected chi connectivity index (χ2v) is 12.5. The van der Waals surface area contributed by atoms with E-state index < -0.39 is 0 Å². The maximum Gasteiger partial charge on any atom is 0.197 e. The van der Waals surface area contributed by atoms with Gasteiger partial charge >= 0.3 is 0 Å². The van der Waals surface area contributed by atoms with Crippen LogP contribution in [0.5, 0.6) is 0 Å². The summed E-state index contributed by atoms with van der Waals surface area (Å²) in [6, 6.07) is 31.8. The summed E-state index contributed by atoms with van der Waals surface area (Å²) in [4.78, 5) is 42.6. The molecule has 5 aromatic carbocycles. The van der Waals surface area contributed by atoms with Gasteiger partial charge in [-0.2, -0.15) is 0 Å². The molecular weight excluding hydrogens is 580 g/mol. The summed E-state index contributed by atoms with van der Waals surface area (Å²) >= 11 is 0. The first-order chi connectivity index (χ1) is 22.7. The van der Waals surface area contributed by atoms with E-state index in [9.17, 15) is 9.59 Å². The van der Waals surface area contributed by atoms with Crippen molar-refractivity contribution >= 4 is 56.4 Å². The van der Waals surface area contributed by atoms with Crippen LogP contribution in [0.3, 0.4) is 0 Å². The highest BCUT2D eigenvalue weighted by molar-refractivity contribution is 6.40. The standard InChI is InChI=1S/C41H32N4O2/c1-23-12-10-13-24(2)35(23)44-39-40(43-34-19-9-8-18-33(34)42-39)45(36-25(3)14-11-15-26(36)4)41(44)27(5)20-32-37(46)30-21-28-16-6-7-17-29(28)22-31(30)38(32)47/h6-22H,1-5H3. The molecule has 228 valence electrons. The van der Waals surface area contributed by atoms with Gasteiger partial charge in [0.1, 0.15) is 5.82 Å². The molecule has 6 aromatic rings. The number of hydrogen-bond donors (Lipinski definition) is 0. The topological polar surface area (TPSA) is 66.4 Å². The summed E-state index contributed by atoms with van der Waals surface area (Å²) in [5.41, 5.74) is 9.60. The number of aromatic nitrogens is 2. The Kier molecular flexibility index (Phi) is 6.44. The third-order valence-corrected chi connectivity index (χ3v) is 9.29. The maximum atomic E-state index is 13.9. The highest BCUT2D eigenvalue weighted by Gasteiger charge is 2.41. The van der Waals surface area contributed by atoms with E-state index in [0.29, 0.717) is 22.8 Å². The molecule has 1 aromatic heterocycles. The zero-order valence-corrected chi connectivity index (χ0v) is 26.9. The lowest BCUT2D eigenvalue weighted by Crippen LogP contribution is -2.26. The number of allylic oxidation sites excluding steroid dienone is 3. The van der Waals surface area contributed by atoms with Crippen molar-refractivity contribution in [3.05, 3.63) is 153 Å². The number of anilines is 4. The third-order valence-electron chi connectivity index (χ3n) is 9.29. The summed E-state index contributed by atoms with van der Waals surface area (Å²) in [7, 11) is 0. The molecule has 0 amide bonds. The van der Waals surface area contributed by atoms with E-state index in [-0.39, 0.29) is 17.1 Å². The average molecular weight is 613 g/mol. The molecule has 1 aliphatic heterocycles. The SMILES string of the molecule is CC(C=C1C(=O)c2cc3ccccc3cc2C1=O)=C1N(c2c(C)cccc2C)c2nc3ccccc3nc2N1c1c(C)cccc1C. The van der Waals surface area contributed by atoms with Crippen molar-refractivity contribution in [2.24, 2.45) is 0 Å². The first kappa shape index (κ1) is 28.6. The van der Waals surface area contributed by atoms with Gasteiger partial charge in [-0.15, -0.1) is 0 Å². The Balaban J connectivity index is 1.43. The molecular formula is C41H32N4O2. The fourth-order valence-electron chi connectivity index (χ4n) is 7.10. The van der Waals surface area contributed by atoms with Gasteiger partial charge in [0.05, 0.1) is 28.0 Å². The minimum atomic E-state index is -0.259. The van der Waals surface area contributed by atoms with Crippen molar-refractivity contribution in [3.63, 3.8) is 0 Å². The van der Waals surface area contributed by atoms with Gasteiger partial charge in [-0.1, -0.05) is 72.8 Å². The normalized spacial score (nSPS) is 14.0. The molecule has 0 atom stereocenters. The van der Waals surface area contributed by atoms with Gasteiger partial charge in [0.15, 0.2) is 23.2 Å². The minimum Gasteiger partial charge on any atom is -0.288 e. The molecule has 0 fully saturated rings. The first-order valence-electron chi connectivity index (χ1n) is 15.8. The number of carbonyl (C=O) groups is 2. The number of Topliss-reactive ketones (excluding diaryl/α,β-unsaturated/α-hetero) is 2. The van der Waals surface area contributed by atoms with E-state index in [1.54, 1.807) is 6.08 Å². The Morgan fingerprint density at radius 3 is 1.40 bits per heavy atom. The van der Waals surface area contributed by atoms with Crippen LogP contribution in [0.4, 0.5) is 23.0 Å². The van der Waals surface area contributed by atoms with Crippen LogP contribution in [0.2, 0.25) is 0 Å². The van der Waals surface area contributed by atoms with Crippen molar-refractivity contribution in [2.45, 2.75) is 34.6 Å². The Morgan fingerprint density at radius 2 is 0.979 bits per heavy atom. The summed E-state index contributed by atoms with van der Waals surface area (Å²) in [5, 5.41) is 1.86. The maximum absolute atomic E-state index is 13.9. The van der Waals surface area contributed by atoms with Gasteiger partial charge in [-0.05, 0) is 104 Å². The van der Waals surface area contributed by atoms with Crippen LogP contribution in [0.1, 0.15) is 49.9 Å². The number of hydrogen-bond acceptors (Lipinski definition) is 6. The lowest BCUT2D eigenvalue weighted by Gasteiger charge is -2.30. The third kappa shape index (κ3) is 4.32. The molecule has 8 rings (SSSR count). The van der Waals surface area contributed by atoms with Crippen molar-refractivity contribution < 1.29 is 9.59 Å². The second kappa shape index (κ2) is 10.6. The summed E-state index contributed by atoms with van der Waals surface area (Å²) in [6.07, 6.45) is 1.76. The zero-order chi connectivity index (χ0) is 32.6. The van der Waals surface area contributed by atoms with Crippen LogP contribution >= 0.6 is 0 Å².